The van der Waals surface area contributed by atoms with Gasteiger partial charge in [0.25, 0.3) is 13.7 Å². The molecule has 2 fully saturated rings. The fourth-order valence-electron chi connectivity index (χ4n) is 3.97. The standard InChI is InChI=1S/C14H14NO8P/c16-8-1-6-5-2-9-10(21-4-20-9)3-7(5)14(17)15-11(6)13-12(8)22-24(18,19)23-13/h2-3,6,8,11-13,16H,1,4H2,(H,15,17)(H,18,19)/p-1/t6-,8+,11-,12-,13+/m1/s1. The Bertz CT molecular complexity index is 797. The molecule has 0 radical (unpaired) electrons. The SMILES string of the molecule is O=C1N[C@H]2[C@@H]3OP(=O)([O-])O[C@@H]3[C@@H](O)C[C@@H]2c2cc3c(cc21)OCO3. The van der Waals surface area contributed by atoms with Gasteiger partial charge in [-0.05, 0) is 24.1 Å². The largest absolute Gasteiger partial charge is 0.756 e. The highest BCUT2D eigenvalue weighted by molar-refractivity contribution is 7.46. The third kappa shape index (κ3) is 1.96. The van der Waals surface area contributed by atoms with E-state index >= 15 is 0 Å². The molecular formula is C14H13NO8P-. The van der Waals surface area contributed by atoms with Crippen LogP contribution in [0.15, 0.2) is 12.1 Å². The summed E-state index contributed by atoms with van der Waals surface area (Å²) in [6.45, 7) is 0.0809. The second-order valence-corrected chi connectivity index (χ2v) is 7.60. The molecular weight excluding hydrogens is 341 g/mol. The third-order valence-corrected chi connectivity index (χ3v) is 5.98. The van der Waals surface area contributed by atoms with Crippen LogP contribution in [0.4, 0.5) is 0 Å². The van der Waals surface area contributed by atoms with E-state index < -0.39 is 32.2 Å². The maximum Gasteiger partial charge on any atom is 0.268 e. The Kier molecular flexibility index (Phi) is 2.88. The van der Waals surface area contributed by atoms with Crippen molar-refractivity contribution in [3.05, 3.63) is 23.3 Å². The molecule has 4 aliphatic rings. The van der Waals surface area contributed by atoms with Crippen molar-refractivity contribution in [2.45, 2.75) is 36.7 Å². The summed E-state index contributed by atoms with van der Waals surface area (Å²) in [7, 11) is -4.47. The number of amides is 1. The Hall–Kier alpha value is -1.64. The molecule has 128 valence electrons. The molecule has 1 saturated carbocycles. The summed E-state index contributed by atoms with van der Waals surface area (Å²) in [6.07, 6.45) is -2.74. The lowest BCUT2D eigenvalue weighted by Gasteiger charge is -2.43. The molecule has 0 aromatic heterocycles. The molecule has 10 heteroatoms. The van der Waals surface area contributed by atoms with Crippen molar-refractivity contribution in [2.24, 2.45) is 0 Å². The first kappa shape index (κ1) is 14.7. The third-order valence-electron chi connectivity index (χ3n) is 4.97. The molecule has 1 saturated heterocycles. The first-order chi connectivity index (χ1) is 11.4. The highest BCUT2D eigenvalue weighted by atomic mass is 31.2. The molecule has 6 atom stereocenters. The molecule has 5 rings (SSSR count). The summed E-state index contributed by atoms with van der Waals surface area (Å²) in [5.41, 5.74) is 1.11. The summed E-state index contributed by atoms with van der Waals surface area (Å²) in [6, 6.07) is 2.71. The van der Waals surface area contributed by atoms with Gasteiger partial charge in [-0.25, -0.2) is 0 Å². The monoisotopic (exact) mass is 354 g/mol. The van der Waals surface area contributed by atoms with E-state index in [1.165, 1.54) is 0 Å². The molecule has 3 aliphatic heterocycles. The summed E-state index contributed by atoms with van der Waals surface area (Å²) < 4.78 is 32.1. The molecule has 0 bridgehead atoms. The Morgan fingerprint density at radius 1 is 1.21 bits per heavy atom. The zero-order valence-corrected chi connectivity index (χ0v) is 13.1. The predicted octanol–water partition coefficient (Wildman–Crippen LogP) is -0.372. The Labute approximate surface area is 136 Å². The molecule has 0 spiro atoms. The lowest BCUT2D eigenvalue weighted by molar-refractivity contribution is -0.216. The minimum Gasteiger partial charge on any atom is -0.756 e. The summed E-state index contributed by atoms with van der Waals surface area (Å²) in [4.78, 5) is 24.1. The molecule has 2 N–H and O–H groups in total. The number of aliphatic hydroxyl groups excluding tert-OH is 1. The zero-order chi connectivity index (χ0) is 16.6. The number of phosphoric acid groups is 1. The van der Waals surface area contributed by atoms with Crippen LogP contribution in [0.25, 0.3) is 0 Å². The van der Waals surface area contributed by atoms with Crippen molar-refractivity contribution in [3.63, 3.8) is 0 Å². The molecule has 24 heavy (non-hydrogen) atoms. The van der Waals surface area contributed by atoms with Crippen molar-refractivity contribution in [1.29, 1.82) is 0 Å². The van der Waals surface area contributed by atoms with Crippen molar-refractivity contribution in [1.82, 2.24) is 5.32 Å². The summed E-state index contributed by atoms with van der Waals surface area (Å²) >= 11 is 0. The number of benzene rings is 1. The molecule has 3 heterocycles. The van der Waals surface area contributed by atoms with Gasteiger partial charge in [0, 0.05) is 11.5 Å². The van der Waals surface area contributed by atoms with Crippen LogP contribution in [-0.2, 0) is 13.6 Å². The minimum atomic E-state index is -4.47. The van der Waals surface area contributed by atoms with E-state index in [2.05, 4.69) is 5.32 Å². The Morgan fingerprint density at radius 2 is 1.92 bits per heavy atom. The van der Waals surface area contributed by atoms with Gasteiger partial charge in [-0.1, -0.05) is 0 Å². The molecule has 1 aliphatic carbocycles. The second kappa shape index (κ2) is 4.71. The van der Waals surface area contributed by atoms with Crippen LogP contribution >= 0.6 is 7.82 Å². The van der Waals surface area contributed by atoms with Gasteiger partial charge in [-0.15, -0.1) is 0 Å². The Morgan fingerprint density at radius 3 is 2.71 bits per heavy atom. The fraction of sp³-hybridized carbons (Fsp3) is 0.500. The van der Waals surface area contributed by atoms with Crippen LogP contribution in [0.2, 0.25) is 0 Å². The van der Waals surface area contributed by atoms with Gasteiger partial charge in [0.2, 0.25) is 6.79 Å². The van der Waals surface area contributed by atoms with Crippen LogP contribution in [0.1, 0.15) is 28.3 Å². The van der Waals surface area contributed by atoms with Crippen LogP contribution in [0.3, 0.4) is 0 Å². The van der Waals surface area contributed by atoms with Crippen LogP contribution in [-0.4, -0.2) is 42.2 Å². The smallest absolute Gasteiger partial charge is 0.268 e. The number of fused-ring (bicyclic) bond motifs is 6. The molecule has 1 amide bonds. The van der Waals surface area contributed by atoms with Gasteiger partial charge in [-0.3, -0.25) is 9.36 Å². The Balaban J connectivity index is 1.60. The topological polar surface area (TPSA) is 126 Å². The first-order valence-corrected chi connectivity index (χ1v) is 8.99. The predicted molar refractivity (Wildman–Crippen MR) is 74.5 cm³/mol. The zero-order valence-electron chi connectivity index (χ0n) is 12.2. The lowest BCUT2D eigenvalue weighted by Crippen LogP contribution is -2.60. The van der Waals surface area contributed by atoms with E-state index in [9.17, 15) is 19.4 Å². The second-order valence-electron chi connectivity index (χ2n) is 6.29. The van der Waals surface area contributed by atoms with Crippen LogP contribution < -0.4 is 19.7 Å². The van der Waals surface area contributed by atoms with Crippen molar-refractivity contribution >= 4 is 13.7 Å². The number of aliphatic hydroxyl groups is 1. The number of carbonyl (C=O) groups excluding carboxylic acids is 1. The number of phosphoric ester groups is 1. The molecule has 1 aromatic rings. The summed E-state index contributed by atoms with van der Waals surface area (Å²) in [5, 5.41) is 13.1. The first-order valence-electron chi connectivity index (χ1n) is 7.53. The average molecular weight is 354 g/mol. The molecule has 1 aromatic carbocycles. The lowest BCUT2D eigenvalue weighted by atomic mass is 9.72. The molecule has 1 unspecified atom stereocenters. The maximum atomic E-state index is 12.5. The van der Waals surface area contributed by atoms with Gasteiger partial charge in [0.05, 0.1) is 12.1 Å². The summed E-state index contributed by atoms with van der Waals surface area (Å²) in [5.74, 6) is 0.346. The number of nitrogens with one attached hydrogen (secondary N) is 1. The normalized spacial score (nSPS) is 42.1. The van der Waals surface area contributed by atoms with Gasteiger partial charge < -0.3 is 33.8 Å². The van der Waals surface area contributed by atoms with Crippen molar-refractivity contribution in [3.8, 4) is 11.5 Å². The van der Waals surface area contributed by atoms with Gasteiger partial charge in [0.1, 0.15) is 12.2 Å². The average Bonchev–Trinajstić information content (AvgIpc) is 3.10. The van der Waals surface area contributed by atoms with Crippen LogP contribution in [0.5, 0.6) is 11.5 Å². The molecule has 9 nitrogen and oxygen atoms in total. The number of ether oxygens (including phenoxy) is 2. The van der Waals surface area contributed by atoms with E-state index in [1.807, 2.05) is 0 Å². The van der Waals surface area contributed by atoms with E-state index in [4.69, 9.17) is 18.5 Å². The minimum absolute atomic E-state index is 0.0809. The van der Waals surface area contributed by atoms with Crippen molar-refractivity contribution < 1.29 is 37.9 Å². The number of hydrogen-bond donors (Lipinski definition) is 2. The highest BCUT2D eigenvalue weighted by Crippen LogP contribution is 2.56. The maximum absolute atomic E-state index is 12.5. The van der Waals surface area contributed by atoms with E-state index in [0.717, 1.165) is 0 Å². The fourth-order valence-corrected chi connectivity index (χ4v) is 5.12. The number of carbonyl (C=O) groups is 1. The number of rotatable bonds is 0. The van der Waals surface area contributed by atoms with Gasteiger partial charge in [-0.2, -0.15) is 0 Å². The van der Waals surface area contributed by atoms with Gasteiger partial charge >= 0.3 is 0 Å². The van der Waals surface area contributed by atoms with E-state index in [1.54, 1.807) is 12.1 Å². The van der Waals surface area contributed by atoms with E-state index in [-0.39, 0.29) is 25.0 Å². The highest BCUT2D eigenvalue weighted by Gasteiger charge is 2.55. The van der Waals surface area contributed by atoms with Crippen molar-refractivity contribution in [2.75, 3.05) is 6.79 Å². The van der Waals surface area contributed by atoms with E-state index in [0.29, 0.717) is 22.6 Å². The number of hydrogen-bond acceptors (Lipinski definition) is 8. The van der Waals surface area contributed by atoms with Crippen LogP contribution in [0, 0.1) is 0 Å². The van der Waals surface area contributed by atoms with Gasteiger partial charge in [0.15, 0.2) is 11.5 Å². The quantitative estimate of drug-likeness (QED) is 0.604.